The molecule has 2 aromatic rings. The van der Waals surface area contributed by atoms with E-state index in [1.54, 1.807) is 53.3 Å². The number of nitrogens with one attached hydrogen (secondary N) is 1. The van der Waals surface area contributed by atoms with Crippen LogP contribution in [0.15, 0.2) is 36.4 Å². The topological polar surface area (TPSA) is 114 Å². The molecule has 164 valence electrons. The Balaban J connectivity index is 1.63. The number of aryl methyl sites for hydroxylation is 1. The van der Waals surface area contributed by atoms with Gasteiger partial charge in [-0.1, -0.05) is 6.07 Å². The van der Waals surface area contributed by atoms with E-state index in [-0.39, 0.29) is 11.9 Å². The number of carbonyl (C=O) groups excluding carboxylic acids is 3. The Kier molecular flexibility index (Phi) is 6.64. The van der Waals surface area contributed by atoms with E-state index in [2.05, 4.69) is 5.32 Å². The van der Waals surface area contributed by atoms with Gasteiger partial charge in [0, 0.05) is 43.5 Å². The third kappa shape index (κ3) is 4.88. The highest BCUT2D eigenvalue weighted by molar-refractivity contribution is 5.98. The van der Waals surface area contributed by atoms with Gasteiger partial charge in [0.05, 0.1) is 19.8 Å². The fourth-order valence-electron chi connectivity index (χ4n) is 3.36. The summed E-state index contributed by atoms with van der Waals surface area (Å²) in [5.41, 5.74) is 7.44. The monoisotopic (exact) mass is 426 g/mol. The Bertz CT molecular complexity index is 999. The van der Waals surface area contributed by atoms with Crippen molar-refractivity contribution in [3.05, 3.63) is 53.1 Å². The first-order valence-electron chi connectivity index (χ1n) is 9.81. The van der Waals surface area contributed by atoms with Crippen LogP contribution in [0.25, 0.3) is 0 Å². The molecule has 4 amide bonds. The van der Waals surface area contributed by atoms with Gasteiger partial charge in [-0.05, 0) is 36.8 Å². The summed E-state index contributed by atoms with van der Waals surface area (Å²) in [6.45, 7) is 3.37. The molecule has 0 aromatic heterocycles. The second-order valence-electron chi connectivity index (χ2n) is 7.17. The molecule has 0 saturated carbocycles. The molecule has 0 aliphatic carbocycles. The molecule has 3 N–H and O–H groups in total. The van der Waals surface area contributed by atoms with E-state index in [1.165, 1.54) is 7.11 Å². The van der Waals surface area contributed by atoms with Crippen LogP contribution in [-0.2, 0) is 0 Å². The molecule has 1 aliphatic heterocycles. The standard InChI is InChI=1S/C22H26N4O5/c1-14-4-5-15(20(23)27)12-18(14)24-22(29)26-10-8-25(9-11-26)21(28)17-7-6-16(30-2)13-19(17)31-3/h4-7,12-13H,8-11H2,1-3H3,(H2,23,27)(H,24,29). The number of benzene rings is 2. The van der Waals surface area contributed by atoms with E-state index in [0.29, 0.717) is 54.5 Å². The van der Waals surface area contributed by atoms with Crippen LogP contribution in [0, 0.1) is 6.92 Å². The summed E-state index contributed by atoms with van der Waals surface area (Å²) < 4.78 is 10.5. The van der Waals surface area contributed by atoms with E-state index < -0.39 is 5.91 Å². The van der Waals surface area contributed by atoms with Crippen molar-refractivity contribution >= 4 is 23.5 Å². The number of nitrogens with zero attached hydrogens (tertiary/aromatic N) is 2. The summed E-state index contributed by atoms with van der Waals surface area (Å²) in [5.74, 6) is 0.320. The molecule has 0 spiro atoms. The van der Waals surface area contributed by atoms with Crippen LogP contribution < -0.4 is 20.5 Å². The van der Waals surface area contributed by atoms with Crippen LogP contribution >= 0.6 is 0 Å². The van der Waals surface area contributed by atoms with E-state index in [1.807, 2.05) is 6.92 Å². The summed E-state index contributed by atoms with van der Waals surface area (Å²) in [6, 6.07) is 9.67. The molecule has 0 bridgehead atoms. The maximum absolute atomic E-state index is 12.9. The smallest absolute Gasteiger partial charge is 0.321 e. The minimum absolute atomic E-state index is 0.162. The lowest BCUT2D eigenvalue weighted by Crippen LogP contribution is -2.51. The summed E-state index contributed by atoms with van der Waals surface area (Å²) in [5, 5.41) is 2.82. The van der Waals surface area contributed by atoms with Crippen molar-refractivity contribution in [3.8, 4) is 11.5 Å². The average molecular weight is 426 g/mol. The molecule has 0 unspecified atom stereocenters. The van der Waals surface area contributed by atoms with E-state index in [0.717, 1.165) is 5.56 Å². The summed E-state index contributed by atoms with van der Waals surface area (Å²) in [4.78, 5) is 40.3. The average Bonchev–Trinajstić information content (AvgIpc) is 2.79. The molecule has 1 heterocycles. The van der Waals surface area contributed by atoms with Crippen molar-refractivity contribution < 1.29 is 23.9 Å². The lowest BCUT2D eigenvalue weighted by molar-refractivity contribution is 0.0668. The van der Waals surface area contributed by atoms with Gasteiger partial charge in [-0.15, -0.1) is 0 Å². The highest BCUT2D eigenvalue weighted by Gasteiger charge is 2.27. The van der Waals surface area contributed by atoms with Crippen molar-refractivity contribution in [2.75, 3.05) is 45.7 Å². The number of nitrogens with two attached hydrogens (primary N) is 1. The number of anilines is 1. The van der Waals surface area contributed by atoms with Crippen molar-refractivity contribution in [1.29, 1.82) is 0 Å². The van der Waals surface area contributed by atoms with Crippen LogP contribution in [-0.4, -0.2) is 68.0 Å². The number of rotatable bonds is 5. The molecule has 1 fully saturated rings. The Morgan fingerprint density at radius 2 is 1.61 bits per heavy atom. The van der Waals surface area contributed by atoms with Gasteiger partial charge >= 0.3 is 6.03 Å². The van der Waals surface area contributed by atoms with E-state index in [4.69, 9.17) is 15.2 Å². The van der Waals surface area contributed by atoms with Gasteiger partial charge in [-0.2, -0.15) is 0 Å². The first-order valence-corrected chi connectivity index (χ1v) is 9.81. The number of methoxy groups -OCH3 is 2. The number of urea groups is 1. The van der Waals surface area contributed by atoms with Crippen LogP contribution in [0.5, 0.6) is 11.5 Å². The Morgan fingerprint density at radius 3 is 2.23 bits per heavy atom. The molecule has 0 radical (unpaired) electrons. The molecule has 2 aromatic carbocycles. The second-order valence-corrected chi connectivity index (χ2v) is 7.17. The minimum atomic E-state index is -0.559. The Morgan fingerprint density at radius 1 is 0.935 bits per heavy atom. The van der Waals surface area contributed by atoms with Crippen molar-refractivity contribution in [3.63, 3.8) is 0 Å². The quantitative estimate of drug-likeness (QED) is 0.760. The molecule has 1 aliphatic rings. The third-order valence-electron chi connectivity index (χ3n) is 5.26. The molecule has 9 nitrogen and oxygen atoms in total. The normalized spacial score (nSPS) is 13.5. The number of primary amides is 1. The second kappa shape index (κ2) is 9.38. The van der Waals surface area contributed by atoms with Crippen molar-refractivity contribution in [2.24, 2.45) is 5.73 Å². The SMILES string of the molecule is COc1ccc(C(=O)N2CCN(C(=O)Nc3cc(C(N)=O)ccc3C)CC2)c(OC)c1. The maximum atomic E-state index is 12.9. The lowest BCUT2D eigenvalue weighted by atomic mass is 10.1. The van der Waals surface area contributed by atoms with Gasteiger partial charge < -0.3 is 30.3 Å². The molecular weight excluding hydrogens is 400 g/mol. The van der Waals surface area contributed by atoms with Crippen LogP contribution in [0.4, 0.5) is 10.5 Å². The first-order chi connectivity index (χ1) is 14.8. The number of amides is 4. The predicted octanol–water partition coefficient (Wildman–Crippen LogP) is 2.10. The fourth-order valence-corrected chi connectivity index (χ4v) is 3.36. The summed E-state index contributed by atoms with van der Waals surface area (Å²) >= 11 is 0. The number of piperazine rings is 1. The van der Waals surface area contributed by atoms with Crippen LogP contribution in [0.1, 0.15) is 26.3 Å². The zero-order valence-corrected chi connectivity index (χ0v) is 17.8. The molecule has 0 atom stereocenters. The van der Waals surface area contributed by atoms with Crippen LogP contribution in [0.2, 0.25) is 0 Å². The lowest BCUT2D eigenvalue weighted by Gasteiger charge is -2.35. The van der Waals surface area contributed by atoms with E-state index in [9.17, 15) is 14.4 Å². The van der Waals surface area contributed by atoms with Gasteiger partial charge in [0.2, 0.25) is 5.91 Å². The highest BCUT2D eigenvalue weighted by atomic mass is 16.5. The zero-order chi connectivity index (χ0) is 22.5. The van der Waals surface area contributed by atoms with Gasteiger partial charge in [0.1, 0.15) is 11.5 Å². The highest BCUT2D eigenvalue weighted by Crippen LogP contribution is 2.26. The van der Waals surface area contributed by atoms with Gasteiger partial charge in [-0.25, -0.2) is 4.79 Å². The van der Waals surface area contributed by atoms with Gasteiger partial charge in [0.15, 0.2) is 0 Å². The third-order valence-corrected chi connectivity index (χ3v) is 5.26. The molecule has 31 heavy (non-hydrogen) atoms. The number of hydrogen-bond acceptors (Lipinski definition) is 5. The first kappa shape index (κ1) is 21.9. The zero-order valence-electron chi connectivity index (χ0n) is 17.8. The molecule has 1 saturated heterocycles. The van der Waals surface area contributed by atoms with Crippen LogP contribution in [0.3, 0.4) is 0 Å². The largest absolute Gasteiger partial charge is 0.497 e. The minimum Gasteiger partial charge on any atom is -0.497 e. The Hall–Kier alpha value is -3.75. The maximum Gasteiger partial charge on any atom is 0.321 e. The number of hydrogen-bond donors (Lipinski definition) is 2. The molecule has 3 rings (SSSR count). The Labute approximate surface area is 180 Å². The molecular formula is C22H26N4O5. The summed E-state index contributed by atoms with van der Waals surface area (Å²) in [7, 11) is 3.05. The molecule has 9 heteroatoms. The fraction of sp³-hybridized carbons (Fsp3) is 0.318. The predicted molar refractivity (Wildman–Crippen MR) is 116 cm³/mol. The van der Waals surface area contributed by atoms with Crippen molar-refractivity contribution in [2.45, 2.75) is 6.92 Å². The van der Waals surface area contributed by atoms with Crippen molar-refractivity contribution in [1.82, 2.24) is 9.80 Å². The number of ether oxygens (including phenoxy) is 2. The van der Waals surface area contributed by atoms with Gasteiger partial charge in [0.25, 0.3) is 5.91 Å². The summed E-state index contributed by atoms with van der Waals surface area (Å²) in [6.07, 6.45) is 0. The van der Waals surface area contributed by atoms with E-state index >= 15 is 0 Å². The number of carbonyl (C=O) groups is 3. The van der Waals surface area contributed by atoms with Gasteiger partial charge in [-0.3, -0.25) is 9.59 Å².